The van der Waals surface area contributed by atoms with Crippen LogP contribution in [0.4, 0.5) is 4.39 Å². The molecule has 2 rings (SSSR count). The van der Waals surface area contributed by atoms with Gasteiger partial charge in [0.1, 0.15) is 13.1 Å². The third-order valence-corrected chi connectivity index (χ3v) is 2.13. The number of fused-ring (bicyclic) bond motifs is 1. The third-order valence-electron chi connectivity index (χ3n) is 2.13. The SMILES string of the molecule is F[C@@H]1C[NH2+]Cc2ccccc21. The van der Waals surface area contributed by atoms with Crippen molar-refractivity contribution in [2.24, 2.45) is 0 Å². The van der Waals surface area contributed by atoms with Gasteiger partial charge in [0.2, 0.25) is 0 Å². The highest BCUT2D eigenvalue weighted by Crippen LogP contribution is 2.21. The molecule has 0 saturated heterocycles. The smallest absolute Gasteiger partial charge is 0.174 e. The average Bonchev–Trinajstić information content (AvgIpc) is 2.06. The first-order valence-corrected chi connectivity index (χ1v) is 3.91. The zero-order valence-electron chi connectivity index (χ0n) is 6.26. The molecular formula is C9H11FN+. The Balaban J connectivity index is 2.44. The highest BCUT2D eigenvalue weighted by molar-refractivity contribution is 5.29. The van der Waals surface area contributed by atoms with Gasteiger partial charge in [0.05, 0.1) is 0 Å². The summed E-state index contributed by atoms with van der Waals surface area (Å²) in [5, 5.41) is 2.01. The quantitative estimate of drug-likeness (QED) is 0.565. The number of alkyl halides is 1. The molecule has 0 radical (unpaired) electrons. The number of rotatable bonds is 0. The van der Waals surface area contributed by atoms with Crippen molar-refractivity contribution >= 4 is 0 Å². The standard InChI is InChI=1S/C9H10FN/c10-9-6-11-5-7-3-1-2-4-8(7)9/h1-4,9,11H,5-6H2/p+1/t9-/m1/s1. The van der Waals surface area contributed by atoms with Gasteiger partial charge < -0.3 is 5.32 Å². The van der Waals surface area contributed by atoms with Gasteiger partial charge in [-0.05, 0) is 0 Å². The van der Waals surface area contributed by atoms with Crippen LogP contribution in [0.5, 0.6) is 0 Å². The van der Waals surface area contributed by atoms with E-state index in [0.717, 1.165) is 17.7 Å². The van der Waals surface area contributed by atoms with Gasteiger partial charge in [-0.15, -0.1) is 0 Å². The van der Waals surface area contributed by atoms with E-state index in [9.17, 15) is 4.39 Å². The monoisotopic (exact) mass is 152 g/mol. The van der Waals surface area contributed by atoms with E-state index < -0.39 is 6.17 Å². The highest BCUT2D eigenvalue weighted by atomic mass is 19.1. The zero-order chi connectivity index (χ0) is 7.68. The molecule has 0 spiro atoms. The summed E-state index contributed by atoms with van der Waals surface area (Å²) < 4.78 is 13.1. The minimum Gasteiger partial charge on any atom is -0.340 e. The number of hydrogen-bond donors (Lipinski definition) is 1. The van der Waals surface area contributed by atoms with Crippen molar-refractivity contribution in [3.8, 4) is 0 Å². The molecule has 1 nitrogen and oxygen atoms in total. The van der Waals surface area contributed by atoms with Crippen LogP contribution in [-0.2, 0) is 6.54 Å². The molecule has 1 atom stereocenters. The largest absolute Gasteiger partial charge is 0.340 e. The van der Waals surface area contributed by atoms with Crippen molar-refractivity contribution < 1.29 is 9.71 Å². The normalized spacial score (nSPS) is 22.8. The zero-order valence-corrected chi connectivity index (χ0v) is 6.26. The summed E-state index contributed by atoms with van der Waals surface area (Å²) in [6, 6.07) is 7.74. The first-order chi connectivity index (χ1) is 5.38. The summed E-state index contributed by atoms with van der Waals surface area (Å²) in [5.41, 5.74) is 2.03. The number of nitrogens with two attached hydrogens (primary N) is 1. The van der Waals surface area contributed by atoms with Gasteiger partial charge in [-0.2, -0.15) is 0 Å². The van der Waals surface area contributed by atoms with Crippen LogP contribution < -0.4 is 5.32 Å². The predicted molar refractivity (Wildman–Crippen MR) is 40.8 cm³/mol. The second-order valence-electron chi connectivity index (χ2n) is 2.89. The molecule has 1 aliphatic rings. The Hall–Kier alpha value is -0.890. The lowest BCUT2D eigenvalue weighted by Crippen LogP contribution is -2.84. The maximum absolute atomic E-state index is 13.1. The van der Waals surface area contributed by atoms with Crippen LogP contribution >= 0.6 is 0 Å². The highest BCUT2D eigenvalue weighted by Gasteiger charge is 2.20. The van der Waals surface area contributed by atoms with Crippen LogP contribution in [-0.4, -0.2) is 6.54 Å². The van der Waals surface area contributed by atoms with Gasteiger partial charge >= 0.3 is 0 Å². The van der Waals surface area contributed by atoms with Crippen LogP contribution in [0.1, 0.15) is 17.3 Å². The Labute approximate surface area is 65.2 Å². The first-order valence-electron chi connectivity index (χ1n) is 3.91. The van der Waals surface area contributed by atoms with Crippen molar-refractivity contribution in [3.05, 3.63) is 35.4 Å². The molecule has 1 aliphatic heterocycles. The molecule has 0 unspecified atom stereocenters. The van der Waals surface area contributed by atoms with Crippen LogP contribution in [0.2, 0.25) is 0 Å². The van der Waals surface area contributed by atoms with Crippen molar-refractivity contribution in [2.45, 2.75) is 12.7 Å². The lowest BCUT2D eigenvalue weighted by atomic mass is 10.0. The van der Waals surface area contributed by atoms with Crippen molar-refractivity contribution in [2.75, 3.05) is 6.54 Å². The van der Waals surface area contributed by atoms with E-state index in [0.29, 0.717) is 6.54 Å². The second kappa shape index (κ2) is 2.62. The van der Waals surface area contributed by atoms with Crippen molar-refractivity contribution in [1.82, 2.24) is 0 Å². The lowest BCUT2D eigenvalue weighted by molar-refractivity contribution is -0.679. The fourth-order valence-corrected chi connectivity index (χ4v) is 1.54. The van der Waals surface area contributed by atoms with Gasteiger partial charge in [0.25, 0.3) is 0 Å². The van der Waals surface area contributed by atoms with Crippen LogP contribution in [0.25, 0.3) is 0 Å². The fraction of sp³-hybridized carbons (Fsp3) is 0.333. The summed E-state index contributed by atoms with van der Waals surface area (Å²) >= 11 is 0. The van der Waals surface area contributed by atoms with Gasteiger partial charge in [-0.1, -0.05) is 24.3 Å². The van der Waals surface area contributed by atoms with E-state index >= 15 is 0 Å². The molecule has 0 amide bonds. The molecule has 1 aromatic carbocycles. The van der Waals surface area contributed by atoms with Crippen LogP contribution in [0.15, 0.2) is 24.3 Å². The Morgan fingerprint density at radius 2 is 2.18 bits per heavy atom. The maximum atomic E-state index is 13.1. The molecule has 2 heteroatoms. The van der Waals surface area contributed by atoms with Gasteiger partial charge in [0, 0.05) is 11.1 Å². The minimum absolute atomic E-state index is 0.580. The molecule has 58 valence electrons. The van der Waals surface area contributed by atoms with E-state index in [2.05, 4.69) is 0 Å². The topological polar surface area (TPSA) is 16.6 Å². The average molecular weight is 152 g/mol. The molecule has 1 heterocycles. The second-order valence-corrected chi connectivity index (χ2v) is 2.89. The Kier molecular flexibility index (Phi) is 1.62. The van der Waals surface area contributed by atoms with E-state index in [-0.39, 0.29) is 0 Å². The molecule has 0 fully saturated rings. The van der Waals surface area contributed by atoms with Crippen molar-refractivity contribution in [3.63, 3.8) is 0 Å². The van der Waals surface area contributed by atoms with E-state index in [4.69, 9.17) is 0 Å². The van der Waals surface area contributed by atoms with Gasteiger partial charge in [-0.25, -0.2) is 4.39 Å². The first kappa shape index (κ1) is 6.80. The minimum atomic E-state index is -0.764. The Morgan fingerprint density at radius 3 is 3.00 bits per heavy atom. The Morgan fingerprint density at radius 1 is 1.36 bits per heavy atom. The van der Waals surface area contributed by atoms with Crippen LogP contribution in [0, 0.1) is 0 Å². The van der Waals surface area contributed by atoms with E-state index in [1.165, 1.54) is 0 Å². The molecular weight excluding hydrogens is 141 g/mol. The van der Waals surface area contributed by atoms with Gasteiger partial charge in [-0.3, -0.25) is 0 Å². The summed E-state index contributed by atoms with van der Waals surface area (Å²) in [5.74, 6) is 0. The molecule has 0 saturated carbocycles. The maximum Gasteiger partial charge on any atom is 0.174 e. The number of hydrogen-bond acceptors (Lipinski definition) is 0. The van der Waals surface area contributed by atoms with E-state index in [1.807, 2.05) is 29.6 Å². The molecule has 1 aromatic rings. The predicted octanol–water partition coefficient (Wildman–Crippen LogP) is 0.774. The fourth-order valence-electron chi connectivity index (χ4n) is 1.54. The number of halogens is 1. The lowest BCUT2D eigenvalue weighted by Gasteiger charge is -2.17. The molecule has 0 bridgehead atoms. The number of benzene rings is 1. The van der Waals surface area contributed by atoms with Crippen LogP contribution in [0.3, 0.4) is 0 Å². The summed E-state index contributed by atoms with van der Waals surface area (Å²) in [7, 11) is 0. The molecule has 2 N–H and O–H groups in total. The third kappa shape index (κ3) is 1.14. The summed E-state index contributed by atoms with van der Waals surface area (Å²) in [6.07, 6.45) is -0.764. The summed E-state index contributed by atoms with van der Waals surface area (Å²) in [6.45, 7) is 1.51. The molecule has 0 aliphatic carbocycles. The van der Waals surface area contributed by atoms with Crippen molar-refractivity contribution in [1.29, 1.82) is 0 Å². The molecule has 11 heavy (non-hydrogen) atoms. The summed E-state index contributed by atoms with van der Waals surface area (Å²) in [4.78, 5) is 0. The Bertz CT molecular complexity index is 259. The molecule has 0 aromatic heterocycles. The number of quaternary nitrogens is 1. The van der Waals surface area contributed by atoms with Gasteiger partial charge in [0.15, 0.2) is 6.17 Å². The van der Waals surface area contributed by atoms with E-state index in [1.54, 1.807) is 0 Å².